The van der Waals surface area contributed by atoms with Crippen molar-refractivity contribution in [3.05, 3.63) is 76.1 Å². The van der Waals surface area contributed by atoms with Crippen LogP contribution in [0, 0.1) is 19.3 Å². The molecule has 1 aliphatic heterocycles. The van der Waals surface area contributed by atoms with Crippen molar-refractivity contribution in [2.75, 3.05) is 5.32 Å². The molecule has 1 heterocycles. The maximum atomic E-state index is 13.4. The van der Waals surface area contributed by atoms with Crippen molar-refractivity contribution in [2.45, 2.75) is 113 Å². The van der Waals surface area contributed by atoms with E-state index in [4.69, 9.17) is 9.47 Å². The molecule has 1 fully saturated rings. The molecule has 3 rings (SSSR count). The molecule has 0 saturated carbocycles. The van der Waals surface area contributed by atoms with Gasteiger partial charge in [-0.25, -0.2) is 9.59 Å². The number of hydrogen-bond acceptors (Lipinski definition) is 6. The van der Waals surface area contributed by atoms with E-state index in [-0.39, 0.29) is 17.0 Å². The molecule has 1 aliphatic rings. The molecule has 6 heteroatoms. The summed E-state index contributed by atoms with van der Waals surface area (Å²) >= 11 is 0. The van der Waals surface area contributed by atoms with Gasteiger partial charge in [0.05, 0.1) is 0 Å². The highest BCUT2D eigenvalue weighted by molar-refractivity contribution is 6.16. The van der Waals surface area contributed by atoms with Gasteiger partial charge in [-0.05, 0) is 61.8 Å². The van der Waals surface area contributed by atoms with Crippen LogP contribution in [0.2, 0.25) is 0 Å². The van der Waals surface area contributed by atoms with Crippen LogP contribution in [0.25, 0.3) is 0 Å². The molecule has 0 radical (unpaired) electrons. The molecule has 1 N–H and O–H groups in total. The monoisotopic (exact) mass is 548 g/mol. The van der Waals surface area contributed by atoms with Crippen LogP contribution in [0.15, 0.2) is 53.9 Å². The quantitative estimate of drug-likeness (QED) is 0.134. The van der Waals surface area contributed by atoms with E-state index < -0.39 is 17.7 Å². The van der Waals surface area contributed by atoms with E-state index in [1.54, 1.807) is 13.8 Å². The molecule has 2 aromatic rings. The van der Waals surface area contributed by atoms with E-state index in [0.717, 1.165) is 54.5 Å². The third kappa shape index (κ3) is 8.61. The number of hydrogen-bond donors (Lipinski definition) is 1. The molecule has 218 valence electrons. The number of rotatable bonds is 11. The lowest BCUT2D eigenvalue weighted by molar-refractivity contribution is -0.222. The molecule has 40 heavy (non-hydrogen) atoms. The Morgan fingerprint density at radius 2 is 1.55 bits per heavy atom. The van der Waals surface area contributed by atoms with Gasteiger partial charge in [-0.2, -0.15) is 0 Å². The Balaban J connectivity index is 2.10. The highest BCUT2D eigenvalue weighted by atomic mass is 16.7. The Kier molecular flexibility index (Phi) is 10.1. The molecule has 0 aliphatic carbocycles. The topological polar surface area (TPSA) is 67.9 Å². The Bertz CT molecular complexity index is 1200. The summed E-state index contributed by atoms with van der Waals surface area (Å²) in [5.74, 6) is -2.26. The lowest BCUT2D eigenvalue weighted by atomic mass is 9.88. The zero-order chi connectivity index (χ0) is 29.7. The van der Waals surface area contributed by atoms with Gasteiger partial charge < -0.3 is 19.7 Å². The summed E-state index contributed by atoms with van der Waals surface area (Å²) in [7, 11) is 0. The van der Waals surface area contributed by atoms with Gasteiger partial charge >= 0.3 is 11.9 Å². The molecule has 1 unspecified atom stereocenters. The van der Waals surface area contributed by atoms with Crippen LogP contribution < -0.4 is 5.32 Å². The zero-order valence-electron chi connectivity index (χ0n) is 25.9. The molecule has 1 atom stereocenters. The minimum atomic E-state index is -1.32. The third-order valence-electron chi connectivity index (χ3n) is 7.11. The zero-order valence-corrected chi connectivity index (χ0v) is 25.9. The Labute approximate surface area is 241 Å². The van der Waals surface area contributed by atoms with Crippen molar-refractivity contribution < 1.29 is 19.1 Å². The van der Waals surface area contributed by atoms with Crippen LogP contribution in [0.1, 0.15) is 96.4 Å². The van der Waals surface area contributed by atoms with Gasteiger partial charge in [-0.15, -0.1) is 0 Å². The number of carbonyl (C=O) groups is 2. The van der Waals surface area contributed by atoms with Gasteiger partial charge in [-0.1, -0.05) is 88.9 Å². The Morgan fingerprint density at radius 3 is 2.10 bits per heavy atom. The smallest absolute Gasteiger partial charge is 0.352 e. The van der Waals surface area contributed by atoms with Crippen molar-refractivity contribution >= 4 is 17.6 Å². The highest BCUT2D eigenvalue weighted by Crippen LogP contribution is 2.31. The second-order valence-electron chi connectivity index (χ2n) is 12.9. The van der Waals surface area contributed by atoms with Crippen LogP contribution in [-0.4, -0.2) is 28.7 Å². The first-order chi connectivity index (χ1) is 18.7. The predicted molar refractivity (Wildman–Crippen MR) is 162 cm³/mol. The number of nitrogens with one attached hydrogen (secondary N) is 1. The summed E-state index contributed by atoms with van der Waals surface area (Å²) in [6.45, 7) is 18.8. The molecule has 0 aromatic heterocycles. The summed E-state index contributed by atoms with van der Waals surface area (Å²) in [6.07, 6.45) is 5.18. The fraction of sp³-hybridized carbons (Fsp3) is 0.529. The van der Waals surface area contributed by atoms with Gasteiger partial charge in [0.15, 0.2) is 5.57 Å². The average Bonchev–Trinajstić information content (AvgIpc) is 2.82. The summed E-state index contributed by atoms with van der Waals surface area (Å²) < 4.78 is 11.1. The second-order valence-corrected chi connectivity index (χ2v) is 12.9. The summed E-state index contributed by atoms with van der Waals surface area (Å²) in [4.78, 5) is 28.9. The van der Waals surface area contributed by atoms with Gasteiger partial charge in [0.25, 0.3) is 5.79 Å². The van der Waals surface area contributed by atoms with Gasteiger partial charge in [0.2, 0.25) is 0 Å². The summed E-state index contributed by atoms with van der Waals surface area (Å²) in [6, 6.07) is 14.8. The molecule has 2 aromatic carbocycles. The molecule has 0 bridgehead atoms. The number of unbranched alkanes of at least 4 members (excludes halogenated alkanes) is 2. The van der Waals surface area contributed by atoms with E-state index in [1.165, 1.54) is 5.56 Å². The van der Waals surface area contributed by atoms with E-state index in [1.807, 2.05) is 26.0 Å². The standard InChI is InChI=1S/C34H48N2O4/c1-10-11-12-13-25(4)36(22-27-17-15-26(16-18-27)21-33(5,6)7)30(35-28-19-14-23(2)20-24(28)3)29-31(37)39-34(8,9)40-32(29)38/h14-20,25,35H,10-13,21-22H2,1-9H3. The second kappa shape index (κ2) is 12.9. The summed E-state index contributed by atoms with van der Waals surface area (Å²) in [5.41, 5.74) is 5.45. The molecular formula is C34H48N2O4. The van der Waals surface area contributed by atoms with Crippen molar-refractivity contribution in [3.8, 4) is 0 Å². The number of nitrogens with zero attached hydrogens (tertiary/aromatic N) is 1. The third-order valence-corrected chi connectivity index (χ3v) is 7.11. The molecule has 0 spiro atoms. The first-order valence-electron chi connectivity index (χ1n) is 14.6. The van der Waals surface area contributed by atoms with Gasteiger partial charge in [0, 0.05) is 32.1 Å². The minimum absolute atomic E-state index is 0.0390. The molecular weight excluding hydrogens is 500 g/mol. The van der Waals surface area contributed by atoms with Gasteiger partial charge in [-0.3, -0.25) is 0 Å². The van der Waals surface area contributed by atoms with E-state index >= 15 is 0 Å². The predicted octanol–water partition coefficient (Wildman–Crippen LogP) is 7.82. The number of carbonyl (C=O) groups excluding carboxylic acids is 2. The van der Waals surface area contributed by atoms with Crippen LogP contribution in [0.5, 0.6) is 0 Å². The number of ether oxygens (including phenoxy) is 2. The first kappa shape index (κ1) is 31.3. The van der Waals surface area contributed by atoms with E-state index in [0.29, 0.717) is 12.4 Å². The number of anilines is 1. The highest BCUT2D eigenvalue weighted by Gasteiger charge is 2.42. The van der Waals surface area contributed by atoms with Crippen LogP contribution in [0.3, 0.4) is 0 Å². The van der Waals surface area contributed by atoms with Crippen LogP contribution in [-0.2, 0) is 32.0 Å². The lowest BCUT2D eigenvalue weighted by Gasteiger charge is -2.37. The molecule has 1 saturated heterocycles. The molecule has 0 amide bonds. The Morgan fingerprint density at radius 1 is 0.950 bits per heavy atom. The average molecular weight is 549 g/mol. The summed E-state index contributed by atoms with van der Waals surface area (Å²) in [5, 5.41) is 3.47. The van der Waals surface area contributed by atoms with Crippen molar-refractivity contribution in [1.29, 1.82) is 0 Å². The van der Waals surface area contributed by atoms with E-state index in [2.05, 4.69) is 75.2 Å². The normalized spacial score (nSPS) is 15.8. The van der Waals surface area contributed by atoms with E-state index in [9.17, 15) is 9.59 Å². The Hall–Kier alpha value is -3.28. The maximum Gasteiger partial charge on any atom is 0.352 e. The SMILES string of the molecule is CCCCCC(C)N(Cc1ccc(CC(C)(C)C)cc1)C(Nc1ccc(C)cc1C)=C1C(=O)OC(C)(C)OC1=O. The number of benzene rings is 2. The van der Waals surface area contributed by atoms with Gasteiger partial charge in [0.1, 0.15) is 5.82 Å². The van der Waals surface area contributed by atoms with Crippen molar-refractivity contribution in [1.82, 2.24) is 4.90 Å². The fourth-order valence-corrected chi connectivity index (χ4v) is 5.08. The number of esters is 2. The van der Waals surface area contributed by atoms with Crippen molar-refractivity contribution in [3.63, 3.8) is 0 Å². The van der Waals surface area contributed by atoms with Crippen molar-refractivity contribution in [2.24, 2.45) is 5.41 Å². The largest absolute Gasteiger partial charge is 0.419 e. The first-order valence-corrected chi connectivity index (χ1v) is 14.6. The lowest BCUT2D eigenvalue weighted by Crippen LogP contribution is -2.45. The minimum Gasteiger partial charge on any atom is -0.419 e. The van der Waals surface area contributed by atoms with Crippen LogP contribution >= 0.6 is 0 Å². The van der Waals surface area contributed by atoms with Crippen LogP contribution in [0.4, 0.5) is 5.69 Å². The fourth-order valence-electron chi connectivity index (χ4n) is 5.08. The maximum absolute atomic E-state index is 13.4. The molecule has 6 nitrogen and oxygen atoms in total. The number of aryl methyl sites for hydroxylation is 2. The number of cyclic esters (lactones) is 2.